The Hall–Kier alpha value is -1.77. The maximum atomic E-state index is 4.43. The third-order valence-corrected chi connectivity index (χ3v) is 3.47. The minimum absolute atomic E-state index is 0.443. The lowest BCUT2D eigenvalue weighted by molar-refractivity contribution is 0.519. The molecule has 1 atom stereocenters. The second-order valence-corrected chi connectivity index (χ2v) is 5.83. The van der Waals surface area contributed by atoms with Crippen LogP contribution >= 0.6 is 0 Å². The highest BCUT2D eigenvalue weighted by molar-refractivity contribution is 5.41. The minimum Gasteiger partial charge on any atom is -0.353 e. The molecule has 0 bridgehead atoms. The van der Waals surface area contributed by atoms with Gasteiger partial charge in [0, 0.05) is 24.1 Å². The highest BCUT2D eigenvalue weighted by Gasteiger charge is 2.08. The first-order chi connectivity index (χ1) is 9.66. The molecule has 1 N–H and O–H groups in total. The summed E-state index contributed by atoms with van der Waals surface area (Å²) in [6.07, 6.45) is 7.57. The number of rotatable bonds is 7. The van der Waals surface area contributed by atoms with Gasteiger partial charge in [0.2, 0.25) is 5.95 Å². The summed E-state index contributed by atoms with van der Waals surface area (Å²) in [5.41, 5.74) is 1.14. The molecule has 0 spiro atoms. The molecule has 1 aromatic heterocycles. The fourth-order valence-electron chi connectivity index (χ4n) is 2.33. The first-order valence-electron chi connectivity index (χ1n) is 7.52. The van der Waals surface area contributed by atoms with Gasteiger partial charge in [0.1, 0.15) is 0 Å². The Balaban J connectivity index is 1.95. The Bertz CT molecular complexity index is 502. The van der Waals surface area contributed by atoms with E-state index in [1.165, 1.54) is 19.3 Å². The molecule has 3 nitrogen and oxygen atoms in total. The monoisotopic (exact) mass is 271 g/mol. The van der Waals surface area contributed by atoms with E-state index in [1.807, 2.05) is 30.6 Å². The van der Waals surface area contributed by atoms with Crippen molar-refractivity contribution in [3.63, 3.8) is 0 Å². The first-order valence-corrected chi connectivity index (χ1v) is 7.52. The summed E-state index contributed by atoms with van der Waals surface area (Å²) in [7, 11) is 0. The molecule has 0 saturated carbocycles. The number of hydrogen-bond acceptors (Lipinski definition) is 2. The summed E-state index contributed by atoms with van der Waals surface area (Å²) < 4.78 is 2.10. The topological polar surface area (TPSA) is 29.9 Å². The van der Waals surface area contributed by atoms with E-state index in [0.29, 0.717) is 6.04 Å². The molecule has 1 heterocycles. The highest BCUT2D eigenvalue weighted by atomic mass is 15.2. The standard InChI is InChI=1S/C17H25N3/c1-14(2)8-7-9-15(3)19-17-18-12-13-20(17)16-10-5-4-6-11-16/h4-6,10-15H,7-9H2,1-3H3,(H,18,19). The van der Waals surface area contributed by atoms with Crippen LogP contribution in [0.4, 0.5) is 5.95 Å². The zero-order valence-corrected chi connectivity index (χ0v) is 12.7. The molecule has 3 heteroatoms. The molecule has 20 heavy (non-hydrogen) atoms. The van der Waals surface area contributed by atoms with Crippen LogP contribution in [-0.2, 0) is 0 Å². The molecule has 1 aromatic carbocycles. The molecule has 0 saturated heterocycles. The van der Waals surface area contributed by atoms with Crippen LogP contribution in [0.1, 0.15) is 40.0 Å². The van der Waals surface area contributed by atoms with Crippen LogP contribution in [0, 0.1) is 5.92 Å². The van der Waals surface area contributed by atoms with Crippen molar-refractivity contribution in [2.24, 2.45) is 5.92 Å². The van der Waals surface area contributed by atoms with E-state index in [9.17, 15) is 0 Å². The molecular formula is C17H25N3. The van der Waals surface area contributed by atoms with Crippen LogP contribution in [-0.4, -0.2) is 15.6 Å². The molecule has 0 aliphatic heterocycles. The normalized spacial score (nSPS) is 12.6. The van der Waals surface area contributed by atoms with E-state index in [4.69, 9.17) is 0 Å². The van der Waals surface area contributed by atoms with Gasteiger partial charge in [0.15, 0.2) is 0 Å². The number of imidazole rings is 1. The molecule has 0 amide bonds. The lowest BCUT2D eigenvalue weighted by Gasteiger charge is -2.16. The zero-order chi connectivity index (χ0) is 14.4. The zero-order valence-electron chi connectivity index (χ0n) is 12.7. The second kappa shape index (κ2) is 7.13. The van der Waals surface area contributed by atoms with E-state index in [0.717, 1.165) is 17.6 Å². The van der Waals surface area contributed by atoms with E-state index in [-0.39, 0.29) is 0 Å². The van der Waals surface area contributed by atoms with Gasteiger partial charge in [-0.3, -0.25) is 4.57 Å². The van der Waals surface area contributed by atoms with E-state index in [2.05, 4.69) is 47.8 Å². The van der Waals surface area contributed by atoms with Crippen molar-refractivity contribution >= 4 is 5.95 Å². The maximum Gasteiger partial charge on any atom is 0.207 e. The van der Waals surface area contributed by atoms with E-state index in [1.54, 1.807) is 0 Å². The number of anilines is 1. The van der Waals surface area contributed by atoms with Gasteiger partial charge in [0.25, 0.3) is 0 Å². The predicted molar refractivity (Wildman–Crippen MR) is 85.3 cm³/mol. The second-order valence-electron chi connectivity index (χ2n) is 5.83. The number of para-hydroxylation sites is 1. The summed E-state index contributed by atoms with van der Waals surface area (Å²) >= 11 is 0. The molecule has 0 aliphatic rings. The van der Waals surface area contributed by atoms with Gasteiger partial charge in [-0.15, -0.1) is 0 Å². The van der Waals surface area contributed by atoms with Gasteiger partial charge in [-0.2, -0.15) is 0 Å². The van der Waals surface area contributed by atoms with Crippen molar-refractivity contribution in [3.8, 4) is 5.69 Å². The Labute approximate surface area is 122 Å². The molecule has 0 radical (unpaired) electrons. The third-order valence-electron chi connectivity index (χ3n) is 3.47. The molecule has 0 fully saturated rings. The van der Waals surface area contributed by atoms with Crippen LogP contribution in [0.3, 0.4) is 0 Å². The Morgan fingerprint density at radius 3 is 2.55 bits per heavy atom. The van der Waals surface area contributed by atoms with Crippen molar-refractivity contribution in [3.05, 3.63) is 42.7 Å². The summed E-state index contributed by atoms with van der Waals surface area (Å²) in [4.78, 5) is 4.43. The van der Waals surface area contributed by atoms with Gasteiger partial charge in [0.05, 0.1) is 0 Å². The number of nitrogens with one attached hydrogen (secondary N) is 1. The summed E-state index contributed by atoms with van der Waals surface area (Å²) in [5.74, 6) is 1.71. The summed E-state index contributed by atoms with van der Waals surface area (Å²) in [6, 6.07) is 10.8. The summed E-state index contributed by atoms with van der Waals surface area (Å²) in [5, 5.41) is 3.51. The number of nitrogens with zero attached hydrogens (tertiary/aromatic N) is 2. The van der Waals surface area contributed by atoms with Crippen LogP contribution in [0.25, 0.3) is 5.69 Å². The van der Waals surface area contributed by atoms with Crippen LogP contribution in [0.15, 0.2) is 42.7 Å². The number of hydrogen-bond donors (Lipinski definition) is 1. The Morgan fingerprint density at radius 2 is 1.85 bits per heavy atom. The summed E-state index contributed by atoms with van der Waals surface area (Å²) in [6.45, 7) is 6.78. The number of aromatic nitrogens is 2. The van der Waals surface area contributed by atoms with Crippen LogP contribution in [0.5, 0.6) is 0 Å². The molecule has 2 rings (SSSR count). The van der Waals surface area contributed by atoms with Crippen molar-refractivity contribution in [2.75, 3.05) is 5.32 Å². The highest BCUT2D eigenvalue weighted by Crippen LogP contribution is 2.16. The molecule has 108 valence electrons. The lowest BCUT2D eigenvalue weighted by Crippen LogP contribution is -2.18. The fourth-order valence-corrected chi connectivity index (χ4v) is 2.33. The van der Waals surface area contributed by atoms with Crippen molar-refractivity contribution in [1.29, 1.82) is 0 Å². The molecule has 0 aliphatic carbocycles. The molecular weight excluding hydrogens is 246 g/mol. The molecule has 2 aromatic rings. The largest absolute Gasteiger partial charge is 0.353 e. The van der Waals surface area contributed by atoms with Gasteiger partial charge in [-0.25, -0.2) is 4.98 Å². The Morgan fingerprint density at radius 1 is 1.10 bits per heavy atom. The average molecular weight is 271 g/mol. The average Bonchev–Trinajstić information content (AvgIpc) is 2.87. The van der Waals surface area contributed by atoms with Crippen molar-refractivity contribution in [2.45, 2.75) is 46.1 Å². The minimum atomic E-state index is 0.443. The van der Waals surface area contributed by atoms with E-state index < -0.39 is 0 Å². The SMILES string of the molecule is CC(C)CCCC(C)Nc1nccn1-c1ccccc1. The lowest BCUT2D eigenvalue weighted by atomic mass is 10.0. The Kier molecular flexibility index (Phi) is 5.22. The maximum absolute atomic E-state index is 4.43. The van der Waals surface area contributed by atoms with Gasteiger partial charge in [-0.05, 0) is 31.4 Å². The van der Waals surface area contributed by atoms with Crippen molar-refractivity contribution in [1.82, 2.24) is 9.55 Å². The van der Waals surface area contributed by atoms with Crippen molar-refractivity contribution < 1.29 is 0 Å². The van der Waals surface area contributed by atoms with E-state index >= 15 is 0 Å². The predicted octanol–water partition coefficient (Wildman–Crippen LogP) is 4.50. The first kappa shape index (κ1) is 14.6. The third kappa shape index (κ3) is 4.12. The van der Waals surface area contributed by atoms with Crippen LogP contribution < -0.4 is 5.32 Å². The van der Waals surface area contributed by atoms with Gasteiger partial charge < -0.3 is 5.32 Å². The quantitative estimate of drug-likeness (QED) is 0.803. The van der Waals surface area contributed by atoms with Gasteiger partial charge >= 0.3 is 0 Å². The van der Waals surface area contributed by atoms with Gasteiger partial charge in [-0.1, -0.05) is 44.9 Å². The fraction of sp³-hybridized carbons (Fsp3) is 0.471. The smallest absolute Gasteiger partial charge is 0.207 e. The van der Waals surface area contributed by atoms with Crippen LogP contribution in [0.2, 0.25) is 0 Å². The molecule has 1 unspecified atom stereocenters. The number of benzene rings is 1.